The number of amides is 1. The van der Waals surface area contributed by atoms with Crippen molar-refractivity contribution in [3.63, 3.8) is 0 Å². The average Bonchev–Trinajstić information content (AvgIpc) is 2.43. The van der Waals surface area contributed by atoms with E-state index in [1.165, 1.54) is 0 Å². The third kappa shape index (κ3) is 5.34. The van der Waals surface area contributed by atoms with Crippen LogP contribution in [0.2, 0.25) is 0 Å². The van der Waals surface area contributed by atoms with E-state index in [1.807, 2.05) is 45.8 Å². The van der Waals surface area contributed by atoms with Crippen LogP contribution in [0.1, 0.15) is 36.3 Å². The summed E-state index contributed by atoms with van der Waals surface area (Å²) in [7, 11) is 4.09. The van der Waals surface area contributed by atoms with Gasteiger partial charge in [0, 0.05) is 31.5 Å². The first-order valence-electron chi connectivity index (χ1n) is 7.64. The Morgan fingerprint density at radius 3 is 2.57 bits per heavy atom. The summed E-state index contributed by atoms with van der Waals surface area (Å²) in [6.45, 7) is 9.23. The summed E-state index contributed by atoms with van der Waals surface area (Å²) in [5, 5.41) is 3.26. The molecule has 0 fully saturated rings. The molecule has 1 aromatic heterocycles. The third-order valence-corrected chi connectivity index (χ3v) is 3.34. The molecule has 1 heterocycles. The Labute approximate surface area is 128 Å². The Balaban J connectivity index is 2.84. The minimum absolute atomic E-state index is 0.0553. The number of rotatable bonds is 8. The molecule has 21 heavy (non-hydrogen) atoms. The molecule has 0 radical (unpaired) electrons. The lowest BCUT2D eigenvalue weighted by atomic mass is 10.1. The van der Waals surface area contributed by atoms with Gasteiger partial charge in [-0.25, -0.2) is 0 Å². The maximum atomic E-state index is 12.7. The maximum absolute atomic E-state index is 12.7. The van der Waals surface area contributed by atoms with Crippen LogP contribution in [0.3, 0.4) is 0 Å². The second kappa shape index (κ2) is 8.62. The molecule has 1 amide bonds. The first kappa shape index (κ1) is 17.4. The molecule has 0 saturated carbocycles. The molecule has 1 aromatic rings. The van der Waals surface area contributed by atoms with Gasteiger partial charge in [-0.15, -0.1) is 0 Å². The molecule has 118 valence electrons. The van der Waals surface area contributed by atoms with Crippen LogP contribution < -0.4 is 5.32 Å². The Morgan fingerprint density at radius 2 is 2.00 bits per heavy atom. The highest BCUT2D eigenvalue weighted by molar-refractivity contribution is 5.99. The predicted octanol–water partition coefficient (Wildman–Crippen LogP) is 2.24. The second-order valence-electron chi connectivity index (χ2n) is 5.44. The number of aromatic nitrogens is 1. The summed E-state index contributed by atoms with van der Waals surface area (Å²) in [6, 6.07) is 1.93. The van der Waals surface area contributed by atoms with Gasteiger partial charge in [-0.3, -0.25) is 9.78 Å². The third-order valence-electron chi connectivity index (χ3n) is 3.34. The fourth-order valence-electron chi connectivity index (χ4n) is 2.22. The van der Waals surface area contributed by atoms with Crippen LogP contribution in [0.25, 0.3) is 0 Å². The molecule has 0 atom stereocenters. The second-order valence-corrected chi connectivity index (χ2v) is 5.44. The van der Waals surface area contributed by atoms with Crippen molar-refractivity contribution in [1.29, 1.82) is 0 Å². The molecular weight excluding hydrogens is 264 g/mol. The lowest BCUT2D eigenvalue weighted by molar-refractivity contribution is 0.0760. The first-order valence-corrected chi connectivity index (χ1v) is 7.64. The predicted molar refractivity (Wildman–Crippen MR) is 87.9 cm³/mol. The van der Waals surface area contributed by atoms with Crippen molar-refractivity contribution < 1.29 is 4.79 Å². The van der Waals surface area contributed by atoms with Crippen molar-refractivity contribution >= 4 is 11.6 Å². The van der Waals surface area contributed by atoms with Crippen molar-refractivity contribution in [2.75, 3.05) is 45.6 Å². The molecule has 0 saturated heterocycles. The molecule has 1 rings (SSSR count). The minimum atomic E-state index is 0.0553. The minimum Gasteiger partial charge on any atom is -0.385 e. The zero-order valence-corrected chi connectivity index (χ0v) is 13.9. The van der Waals surface area contributed by atoms with Crippen LogP contribution in [0.15, 0.2) is 12.3 Å². The maximum Gasteiger partial charge on any atom is 0.257 e. The highest BCUT2D eigenvalue weighted by Gasteiger charge is 2.18. The Kier molecular flexibility index (Phi) is 7.15. The lowest BCUT2D eigenvalue weighted by Crippen LogP contribution is -2.33. The van der Waals surface area contributed by atoms with Crippen LogP contribution in [-0.4, -0.2) is 61.0 Å². The average molecular weight is 292 g/mol. The Bertz CT molecular complexity index is 460. The van der Waals surface area contributed by atoms with Gasteiger partial charge in [-0.05, 0) is 53.9 Å². The van der Waals surface area contributed by atoms with Crippen molar-refractivity contribution in [3.05, 3.63) is 23.5 Å². The van der Waals surface area contributed by atoms with Crippen molar-refractivity contribution in [1.82, 2.24) is 14.8 Å². The molecule has 0 aliphatic rings. The topological polar surface area (TPSA) is 48.5 Å². The van der Waals surface area contributed by atoms with Gasteiger partial charge in [0.05, 0.1) is 11.3 Å². The van der Waals surface area contributed by atoms with E-state index in [4.69, 9.17) is 0 Å². The molecule has 0 spiro atoms. The Hall–Kier alpha value is -1.62. The van der Waals surface area contributed by atoms with E-state index >= 15 is 0 Å². The highest BCUT2D eigenvalue weighted by atomic mass is 16.2. The van der Waals surface area contributed by atoms with Crippen molar-refractivity contribution in [3.8, 4) is 0 Å². The molecule has 5 heteroatoms. The normalized spacial score (nSPS) is 10.8. The number of carbonyl (C=O) groups excluding carboxylic acids is 1. The molecule has 0 bridgehead atoms. The molecule has 1 N–H and O–H groups in total. The lowest BCUT2D eigenvalue weighted by Gasteiger charge is -2.23. The molecule has 5 nitrogen and oxygen atoms in total. The highest BCUT2D eigenvalue weighted by Crippen LogP contribution is 2.18. The van der Waals surface area contributed by atoms with Gasteiger partial charge < -0.3 is 15.1 Å². The van der Waals surface area contributed by atoms with Crippen LogP contribution in [0, 0.1) is 6.92 Å². The van der Waals surface area contributed by atoms with E-state index < -0.39 is 0 Å². The Morgan fingerprint density at radius 1 is 1.29 bits per heavy atom. The van der Waals surface area contributed by atoms with E-state index in [0.717, 1.165) is 37.4 Å². The monoisotopic (exact) mass is 292 g/mol. The number of aryl methyl sites for hydroxylation is 1. The van der Waals surface area contributed by atoms with Crippen LogP contribution in [-0.2, 0) is 0 Å². The summed E-state index contributed by atoms with van der Waals surface area (Å²) < 4.78 is 0. The zero-order chi connectivity index (χ0) is 15.8. The standard InChI is InChI=1S/C16H28N4O/c1-6-17-15-11-13(3)18-12-14(15)16(21)20(7-2)10-8-9-19(4)5/h11-12H,6-10H2,1-5H3,(H,17,18). The van der Waals surface area contributed by atoms with Gasteiger partial charge >= 0.3 is 0 Å². The fourth-order valence-corrected chi connectivity index (χ4v) is 2.22. The number of nitrogens with zero attached hydrogens (tertiary/aromatic N) is 3. The van der Waals surface area contributed by atoms with E-state index in [1.54, 1.807) is 6.20 Å². The van der Waals surface area contributed by atoms with Gasteiger partial charge in [0.25, 0.3) is 5.91 Å². The molecular formula is C16H28N4O. The number of hydrogen-bond acceptors (Lipinski definition) is 4. The molecule has 0 aliphatic heterocycles. The van der Waals surface area contributed by atoms with E-state index in [9.17, 15) is 4.79 Å². The largest absolute Gasteiger partial charge is 0.385 e. The van der Waals surface area contributed by atoms with Crippen LogP contribution in [0.5, 0.6) is 0 Å². The number of hydrogen-bond donors (Lipinski definition) is 1. The van der Waals surface area contributed by atoms with Gasteiger partial charge in [0.1, 0.15) is 0 Å². The quantitative estimate of drug-likeness (QED) is 0.798. The first-order chi connectivity index (χ1) is 9.99. The number of carbonyl (C=O) groups is 1. The molecule has 0 unspecified atom stereocenters. The summed E-state index contributed by atoms with van der Waals surface area (Å²) in [4.78, 5) is 21.0. The van der Waals surface area contributed by atoms with E-state index in [2.05, 4.69) is 15.2 Å². The number of pyridine rings is 1. The smallest absolute Gasteiger partial charge is 0.257 e. The van der Waals surface area contributed by atoms with Crippen LogP contribution >= 0.6 is 0 Å². The van der Waals surface area contributed by atoms with Crippen molar-refractivity contribution in [2.24, 2.45) is 0 Å². The van der Waals surface area contributed by atoms with Crippen LogP contribution in [0.4, 0.5) is 5.69 Å². The summed E-state index contributed by atoms with van der Waals surface area (Å²) in [6.07, 6.45) is 2.66. The SMILES string of the molecule is CCNc1cc(C)ncc1C(=O)N(CC)CCCN(C)C. The summed E-state index contributed by atoms with van der Waals surface area (Å²) in [5.41, 5.74) is 2.45. The molecule has 0 aromatic carbocycles. The van der Waals surface area contributed by atoms with Gasteiger partial charge in [-0.2, -0.15) is 0 Å². The van der Waals surface area contributed by atoms with E-state index in [0.29, 0.717) is 12.1 Å². The fraction of sp³-hybridized carbons (Fsp3) is 0.625. The van der Waals surface area contributed by atoms with Crippen molar-refractivity contribution in [2.45, 2.75) is 27.2 Å². The van der Waals surface area contributed by atoms with Gasteiger partial charge in [0.2, 0.25) is 0 Å². The molecule has 0 aliphatic carbocycles. The van der Waals surface area contributed by atoms with Gasteiger partial charge in [-0.1, -0.05) is 0 Å². The van der Waals surface area contributed by atoms with E-state index in [-0.39, 0.29) is 5.91 Å². The van der Waals surface area contributed by atoms with Gasteiger partial charge in [0.15, 0.2) is 0 Å². The summed E-state index contributed by atoms with van der Waals surface area (Å²) >= 11 is 0. The summed E-state index contributed by atoms with van der Waals surface area (Å²) in [5.74, 6) is 0.0553. The number of anilines is 1. The zero-order valence-electron chi connectivity index (χ0n) is 13.9. The number of nitrogens with one attached hydrogen (secondary N) is 1.